The van der Waals surface area contributed by atoms with Crippen molar-refractivity contribution in [2.75, 3.05) is 6.73 Å². The highest BCUT2D eigenvalue weighted by Gasteiger charge is 2.31. The van der Waals surface area contributed by atoms with Gasteiger partial charge in [-0.2, -0.15) is 4.58 Å². The zero-order valence-electron chi connectivity index (χ0n) is 61.6. The first kappa shape index (κ1) is 90.7. The first-order valence-electron chi connectivity index (χ1n) is 35.4. The number of H-pyrrole nitrogens is 1. The van der Waals surface area contributed by atoms with Crippen molar-refractivity contribution in [2.45, 2.75) is 78.1 Å². The lowest BCUT2D eigenvalue weighted by molar-refractivity contribution is -0.484. The second-order valence-corrected chi connectivity index (χ2v) is 33.9. The minimum atomic E-state index is -3.40. The summed E-state index contributed by atoms with van der Waals surface area (Å²) < 4.78 is 95.7. The Morgan fingerprint density at radius 2 is 0.803 bits per heavy atom. The van der Waals surface area contributed by atoms with Gasteiger partial charge in [0, 0.05) is 91.8 Å². The van der Waals surface area contributed by atoms with Crippen LogP contribution in [0.15, 0.2) is 346 Å². The average Bonchev–Trinajstić information content (AvgIpc) is 1.66. The summed E-state index contributed by atoms with van der Waals surface area (Å²) in [5, 5.41) is 9.34. The van der Waals surface area contributed by atoms with Crippen molar-refractivity contribution in [2.24, 2.45) is 0 Å². The van der Waals surface area contributed by atoms with Crippen molar-refractivity contribution in [3.63, 3.8) is 0 Å². The molecule has 0 amide bonds. The number of aromatic amines is 1. The van der Waals surface area contributed by atoms with E-state index in [4.69, 9.17) is 33.2 Å². The number of fused-ring (bicyclic) bond motifs is 1. The number of aromatic nitrogens is 2. The first-order chi connectivity index (χ1) is 55.5. The van der Waals surface area contributed by atoms with Crippen LogP contribution in [-0.4, -0.2) is 60.5 Å². The highest BCUT2D eigenvalue weighted by Crippen LogP contribution is 2.36. The van der Waals surface area contributed by atoms with Gasteiger partial charge < -0.3 is 47.8 Å². The van der Waals surface area contributed by atoms with Gasteiger partial charge in [0.1, 0.15) is 74.1 Å². The third kappa shape index (κ3) is 28.3. The number of carbonyl (C=O) groups excluding carboxylic acids is 1. The highest BCUT2D eigenvalue weighted by molar-refractivity contribution is 9.11. The summed E-state index contributed by atoms with van der Waals surface area (Å²) >= 11 is 18.5. The molecule has 2 aromatic heterocycles. The van der Waals surface area contributed by atoms with E-state index in [1.54, 1.807) is 97.2 Å². The van der Waals surface area contributed by atoms with Crippen LogP contribution in [0.25, 0.3) is 5.76 Å². The molecule has 15 rings (SSSR count). The van der Waals surface area contributed by atoms with E-state index < -0.39 is 27.1 Å². The summed E-state index contributed by atoms with van der Waals surface area (Å²) in [5.41, 5.74) is 11.4. The summed E-state index contributed by atoms with van der Waals surface area (Å²) in [5.74, 6) is 3.20. The number of hydrogen-bond acceptors (Lipinski definition) is 13. The second-order valence-electron chi connectivity index (χ2n) is 25.6. The van der Waals surface area contributed by atoms with Crippen LogP contribution < -0.4 is 28.4 Å². The van der Waals surface area contributed by atoms with Gasteiger partial charge in [0.15, 0.2) is 6.21 Å². The van der Waals surface area contributed by atoms with Gasteiger partial charge in [-0.05, 0) is 216 Å². The fraction of sp³-hybridized carbons (Fsp3) is 0.120. The number of hydrogen-bond donors (Lipinski definition) is 2. The van der Waals surface area contributed by atoms with Crippen LogP contribution in [0.5, 0.6) is 34.5 Å². The number of allylic oxidation sites excluding steroid dienone is 2. The second kappa shape index (κ2) is 44.9. The quantitative estimate of drug-likeness (QED) is 0.0309. The number of nitrogens with zero attached hydrogens (tertiary/aromatic N) is 2. The van der Waals surface area contributed by atoms with Crippen LogP contribution in [0.1, 0.15) is 91.3 Å². The monoisotopic (exact) mass is 1990 g/mol. The number of carboxylic acids is 1. The third-order valence-electron chi connectivity index (χ3n) is 17.0. The summed E-state index contributed by atoms with van der Waals surface area (Å²) in [7, 11) is -3.40. The number of nitrogens with one attached hydrogen (secondary N) is 1. The molecule has 0 saturated heterocycles. The number of ether oxygens (including phenoxy) is 7. The van der Waals surface area contributed by atoms with Crippen LogP contribution in [0.4, 0.5) is 0 Å². The topological polar surface area (TPSA) is 217 Å². The lowest BCUT2D eigenvalue weighted by atomic mass is 10.1. The maximum absolute atomic E-state index is 12.9. The number of aromatic carboxylic acids is 1. The summed E-state index contributed by atoms with van der Waals surface area (Å²) in [6.07, 6.45) is 10.9. The van der Waals surface area contributed by atoms with Crippen molar-refractivity contribution >= 4 is 140 Å². The Kier molecular flexibility index (Phi) is 34.9. The van der Waals surface area contributed by atoms with Gasteiger partial charge in [-0.1, -0.05) is 219 Å². The first-order valence-corrected chi connectivity index (χ1v) is 42.6. The maximum atomic E-state index is 12.9. The van der Waals surface area contributed by atoms with Gasteiger partial charge in [-0.3, -0.25) is 9.00 Å². The minimum absolute atomic E-state index is 0. The number of carboxylic acid groups (broad SMARTS) is 1. The SMILES string of the molecule is Brc1ccc(COc2cc(OCc3ccc(Br)cc3)cc(C3=C4C=CC=[N+]4CO3)c2)cc1.C.C.Cc1ccc(S(=O)(=O)n2cccc2)cc1.Cc1ccc(S(=O)[O-])cc1.O=C(O)c1cc(OCc2ccc(Br)cc2)cc(OCc2ccc(Br)cc2)c1.O=C(c1cc(OCc2ccc(Br)cc2)cc(OCc2ccc(Br)cc2)c1)c1ccc[nH]1. The summed E-state index contributed by atoms with van der Waals surface area (Å²) in [6, 6.07) is 83.9. The van der Waals surface area contributed by atoms with Crippen LogP contribution >= 0.6 is 95.6 Å². The molecule has 4 heterocycles. The standard InChI is InChI=1S/C26H20Br2NO3.C25H19Br2NO3.C21H16Br2O4.C11H11NO2S.C7H8O2S.2CH4/c27-21-7-3-18(4-8-21)15-30-23-12-20(26-25-2-1-11-29(25)17-32-26)13-24(14-23)31-16-19-5-9-22(28)10-6-19;26-20-7-3-17(4-8-20)15-30-22-12-19(25(29)24-2-1-11-28-24)13-23(14-22)31-16-18-5-9-21(27)10-6-18;22-17-5-1-14(2-6-17)12-26-19-9-16(21(24)25)10-20(11-19)27-13-15-3-7-18(23)8-4-15;1-10-4-6-11(7-5-10)15(13,14)12-8-2-3-9-12;1-6-2-4-7(5-3-6)10(8)9;;/h1-14H,15-17H2;1-14,28H,15-16H2;1-11H,12-13H2,(H,24,25);2-9H,1H3;2-5H,1H3,(H,8,9);2*1H4/q+1;;;;;;/p-1. The van der Waals surface area contributed by atoms with E-state index in [1.165, 1.54) is 28.5 Å². The van der Waals surface area contributed by atoms with Crippen molar-refractivity contribution < 1.29 is 69.6 Å². The van der Waals surface area contributed by atoms with E-state index in [-0.39, 0.29) is 26.2 Å². The fourth-order valence-corrected chi connectivity index (χ4v) is 14.0. The molecule has 13 aromatic rings. The Morgan fingerprint density at radius 3 is 1.13 bits per heavy atom. The third-order valence-corrected chi connectivity index (χ3v) is 22.5. The number of carbonyl (C=O) groups is 2. The number of aryl methyl sites for hydroxylation is 2. The Morgan fingerprint density at radius 1 is 0.470 bits per heavy atom. The Balaban J connectivity index is 0.000000174. The van der Waals surface area contributed by atoms with Crippen LogP contribution in [-0.2, 0) is 65.5 Å². The van der Waals surface area contributed by atoms with Crippen molar-refractivity contribution in [1.29, 1.82) is 0 Å². The largest absolute Gasteiger partial charge is 0.768 e. The molecule has 0 saturated carbocycles. The zero-order valence-corrected chi connectivity index (χ0v) is 72.8. The van der Waals surface area contributed by atoms with Gasteiger partial charge in [-0.25, -0.2) is 17.2 Å². The molecule has 0 radical (unpaired) electrons. The van der Waals surface area contributed by atoms with E-state index in [9.17, 15) is 31.9 Å². The molecule has 0 bridgehead atoms. The molecule has 1 atom stereocenters. The molecular weight excluding hydrogens is 1910 g/mol. The van der Waals surface area contributed by atoms with Crippen LogP contribution in [0, 0.1) is 13.8 Å². The van der Waals surface area contributed by atoms with E-state index in [2.05, 4.69) is 111 Å². The number of benzene rings is 11. The van der Waals surface area contributed by atoms with Gasteiger partial charge in [0.25, 0.3) is 22.5 Å². The van der Waals surface area contributed by atoms with Crippen LogP contribution in [0.2, 0.25) is 0 Å². The molecule has 11 aromatic carbocycles. The molecule has 2 N–H and O–H groups in total. The van der Waals surface area contributed by atoms with Gasteiger partial charge in [-0.15, -0.1) is 0 Å². The van der Waals surface area contributed by atoms with Crippen molar-refractivity contribution in [1.82, 2.24) is 8.96 Å². The van der Waals surface area contributed by atoms with Crippen molar-refractivity contribution in [3.8, 4) is 34.5 Å². The average molecular weight is 2000 g/mol. The lowest BCUT2D eigenvalue weighted by Crippen LogP contribution is -2.10. The Labute approximate surface area is 734 Å². The maximum Gasteiger partial charge on any atom is 0.335 e. The lowest BCUT2D eigenvalue weighted by Gasteiger charge is -2.13. The molecule has 17 nitrogen and oxygen atoms in total. The molecule has 2 aliphatic rings. The van der Waals surface area contributed by atoms with E-state index in [1.807, 2.05) is 196 Å². The van der Waals surface area contributed by atoms with E-state index >= 15 is 0 Å². The Hall–Kier alpha value is -10.2. The number of rotatable bonds is 25. The van der Waals surface area contributed by atoms with Gasteiger partial charge >= 0.3 is 5.97 Å². The zero-order chi connectivity index (χ0) is 81.2. The molecule has 2 aliphatic heterocycles. The highest BCUT2D eigenvalue weighted by atomic mass is 79.9. The number of ketones is 1. The minimum Gasteiger partial charge on any atom is -0.768 e. The smallest absolute Gasteiger partial charge is 0.335 e. The summed E-state index contributed by atoms with van der Waals surface area (Å²) in [4.78, 5) is 27.9. The van der Waals surface area contributed by atoms with Gasteiger partial charge in [0.05, 0.1) is 16.2 Å². The molecule has 25 heteroatoms. The molecule has 1 unspecified atom stereocenters. The fourth-order valence-electron chi connectivity index (χ4n) is 10.8. The van der Waals surface area contributed by atoms with Crippen LogP contribution in [0.3, 0.4) is 0 Å². The molecule has 117 heavy (non-hydrogen) atoms. The molecule has 0 aliphatic carbocycles. The molecule has 602 valence electrons. The predicted octanol–water partition coefficient (Wildman–Crippen LogP) is 24.2. The van der Waals surface area contributed by atoms with E-state index in [0.29, 0.717) is 90.4 Å². The predicted molar refractivity (Wildman–Crippen MR) is 480 cm³/mol. The molecular formula is C92H81Br6N3O14S2. The molecule has 0 spiro atoms. The van der Waals surface area contributed by atoms with Gasteiger partial charge in [0.2, 0.25) is 11.5 Å². The Bertz CT molecular complexity index is 5440. The normalized spacial score (nSPS) is 11.7. The number of halogens is 6. The van der Waals surface area contributed by atoms with E-state index in [0.717, 1.165) is 99.9 Å². The molecule has 0 fully saturated rings. The summed E-state index contributed by atoms with van der Waals surface area (Å²) in [6.45, 7) is 6.73. The van der Waals surface area contributed by atoms with Crippen molar-refractivity contribution in [3.05, 3.63) is 403 Å².